The smallest absolute Gasteiger partial charge is 0.183 e. The highest BCUT2D eigenvalue weighted by Crippen LogP contribution is 2.25. The first-order chi connectivity index (χ1) is 7.66. The Morgan fingerprint density at radius 2 is 2.19 bits per heavy atom. The predicted octanol–water partition coefficient (Wildman–Crippen LogP) is 3.33. The molecule has 3 nitrogen and oxygen atoms in total. The Balaban J connectivity index is 2.11. The summed E-state index contributed by atoms with van der Waals surface area (Å²) < 4.78 is 0. The summed E-state index contributed by atoms with van der Waals surface area (Å²) in [5.74, 6) is 0. The lowest BCUT2D eigenvalue weighted by Gasteiger charge is -2.12. The standard InChI is InChI=1S/C12H15N3S/c1-8-10(3)16-12(14-8)15-9(2)11-5-4-6-13-7-11/h4-7,9H,1-3H3,(H,14,15). The Bertz CT molecular complexity index is 445. The number of rotatable bonds is 3. The summed E-state index contributed by atoms with van der Waals surface area (Å²) in [6, 6.07) is 4.25. The molecule has 0 aliphatic heterocycles. The fourth-order valence-corrected chi connectivity index (χ4v) is 2.34. The number of aromatic nitrogens is 2. The van der Waals surface area contributed by atoms with Gasteiger partial charge in [0, 0.05) is 17.3 Å². The first-order valence-corrected chi connectivity index (χ1v) is 6.09. The quantitative estimate of drug-likeness (QED) is 0.883. The minimum atomic E-state index is 0.235. The van der Waals surface area contributed by atoms with Gasteiger partial charge in [0.2, 0.25) is 0 Å². The number of aryl methyl sites for hydroxylation is 2. The minimum absolute atomic E-state index is 0.235. The molecule has 0 aliphatic rings. The van der Waals surface area contributed by atoms with E-state index in [9.17, 15) is 0 Å². The summed E-state index contributed by atoms with van der Waals surface area (Å²) in [7, 11) is 0. The van der Waals surface area contributed by atoms with E-state index in [0.717, 1.165) is 10.8 Å². The van der Waals surface area contributed by atoms with Crippen LogP contribution in [-0.2, 0) is 0 Å². The van der Waals surface area contributed by atoms with Crippen molar-refractivity contribution >= 4 is 16.5 Å². The number of hydrogen-bond donors (Lipinski definition) is 1. The number of thiazole rings is 1. The van der Waals surface area contributed by atoms with Gasteiger partial charge >= 0.3 is 0 Å². The number of pyridine rings is 1. The maximum atomic E-state index is 4.46. The molecular formula is C12H15N3S. The molecule has 0 aromatic carbocycles. The molecule has 0 fully saturated rings. The monoisotopic (exact) mass is 233 g/mol. The van der Waals surface area contributed by atoms with E-state index in [-0.39, 0.29) is 6.04 Å². The molecule has 0 amide bonds. The van der Waals surface area contributed by atoms with Crippen molar-refractivity contribution in [3.63, 3.8) is 0 Å². The largest absolute Gasteiger partial charge is 0.355 e. The molecule has 84 valence electrons. The van der Waals surface area contributed by atoms with E-state index in [0.29, 0.717) is 0 Å². The second kappa shape index (κ2) is 4.61. The van der Waals surface area contributed by atoms with Crippen LogP contribution in [0.4, 0.5) is 5.13 Å². The van der Waals surface area contributed by atoms with Crippen molar-refractivity contribution < 1.29 is 0 Å². The van der Waals surface area contributed by atoms with E-state index < -0.39 is 0 Å². The van der Waals surface area contributed by atoms with E-state index in [2.05, 4.69) is 35.2 Å². The average molecular weight is 233 g/mol. The lowest BCUT2D eigenvalue weighted by atomic mass is 10.1. The van der Waals surface area contributed by atoms with Crippen LogP contribution in [0.1, 0.15) is 29.1 Å². The molecule has 16 heavy (non-hydrogen) atoms. The molecule has 0 aliphatic carbocycles. The maximum absolute atomic E-state index is 4.46. The second-order valence-electron chi connectivity index (χ2n) is 3.81. The Kier molecular flexibility index (Phi) is 3.19. The number of hydrogen-bond acceptors (Lipinski definition) is 4. The van der Waals surface area contributed by atoms with Gasteiger partial charge in [0.05, 0.1) is 11.7 Å². The first-order valence-electron chi connectivity index (χ1n) is 5.27. The maximum Gasteiger partial charge on any atom is 0.183 e. The topological polar surface area (TPSA) is 37.8 Å². The van der Waals surface area contributed by atoms with Gasteiger partial charge in [0.1, 0.15) is 0 Å². The van der Waals surface area contributed by atoms with Crippen LogP contribution >= 0.6 is 11.3 Å². The third-order valence-electron chi connectivity index (χ3n) is 2.55. The Hall–Kier alpha value is -1.42. The minimum Gasteiger partial charge on any atom is -0.355 e. The molecule has 0 radical (unpaired) electrons. The normalized spacial score (nSPS) is 12.4. The molecule has 2 heterocycles. The molecular weight excluding hydrogens is 218 g/mol. The highest BCUT2D eigenvalue weighted by molar-refractivity contribution is 7.15. The summed E-state index contributed by atoms with van der Waals surface area (Å²) in [5.41, 5.74) is 2.28. The van der Waals surface area contributed by atoms with Crippen LogP contribution in [0.25, 0.3) is 0 Å². The predicted molar refractivity (Wildman–Crippen MR) is 67.9 cm³/mol. The van der Waals surface area contributed by atoms with E-state index in [1.54, 1.807) is 17.5 Å². The Labute approximate surface area is 99.6 Å². The molecule has 1 unspecified atom stereocenters. The van der Waals surface area contributed by atoms with E-state index in [1.165, 1.54) is 10.4 Å². The summed E-state index contributed by atoms with van der Waals surface area (Å²) >= 11 is 1.69. The van der Waals surface area contributed by atoms with Crippen LogP contribution in [0.2, 0.25) is 0 Å². The molecule has 0 saturated heterocycles. The van der Waals surface area contributed by atoms with Crippen LogP contribution < -0.4 is 5.32 Å². The summed E-state index contributed by atoms with van der Waals surface area (Å²) in [4.78, 5) is 9.84. The van der Waals surface area contributed by atoms with Gasteiger partial charge in [-0.2, -0.15) is 0 Å². The van der Waals surface area contributed by atoms with E-state index in [1.807, 2.05) is 19.2 Å². The van der Waals surface area contributed by atoms with Crippen molar-refractivity contribution in [2.24, 2.45) is 0 Å². The molecule has 2 aromatic heterocycles. The van der Waals surface area contributed by atoms with Crippen LogP contribution in [-0.4, -0.2) is 9.97 Å². The van der Waals surface area contributed by atoms with Crippen LogP contribution in [0, 0.1) is 13.8 Å². The van der Waals surface area contributed by atoms with Crippen molar-refractivity contribution in [1.29, 1.82) is 0 Å². The number of nitrogens with zero attached hydrogens (tertiary/aromatic N) is 2. The van der Waals surface area contributed by atoms with E-state index in [4.69, 9.17) is 0 Å². The fraction of sp³-hybridized carbons (Fsp3) is 0.333. The Morgan fingerprint density at radius 1 is 1.38 bits per heavy atom. The highest BCUT2D eigenvalue weighted by Gasteiger charge is 2.08. The summed E-state index contributed by atoms with van der Waals surface area (Å²) in [6.07, 6.45) is 3.67. The molecule has 0 saturated carbocycles. The zero-order valence-electron chi connectivity index (χ0n) is 9.69. The molecule has 2 rings (SSSR count). The first kappa shape index (κ1) is 11.1. The van der Waals surface area contributed by atoms with Crippen LogP contribution in [0.3, 0.4) is 0 Å². The van der Waals surface area contributed by atoms with Gasteiger partial charge in [-0.15, -0.1) is 11.3 Å². The number of nitrogens with one attached hydrogen (secondary N) is 1. The van der Waals surface area contributed by atoms with Crippen LogP contribution in [0.15, 0.2) is 24.5 Å². The molecule has 2 aromatic rings. The third kappa shape index (κ3) is 2.39. The Morgan fingerprint density at radius 3 is 2.75 bits per heavy atom. The van der Waals surface area contributed by atoms with Crippen molar-refractivity contribution in [2.45, 2.75) is 26.8 Å². The molecule has 4 heteroatoms. The molecule has 0 bridgehead atoms. The van der Waals surface area contributed by atoms with Crippen molar-refractivity contribution in [2.75, 3.05) is 5.32 Å². The molecule has 1 N–H and O–H groups in total. The van der Waals surface area contributed by atoms with Crippen molar-refractivity contribution in [1.82, 2.24) is 9.97 Å². The van der Waals surface area contributed by atoms with Crippen LogP contribution in [0.5, 0.6) is 0 Å². The fourth-order valence-electron chi connectivity index (χ4n) is 1.44. The van der Waals surface area contributed by atoms with Gasteiger partial charge < -0.3 is 5.32 Å². The zero-order chi connectivity index (χ0) is 11.5. The van der Waals surface area contributed by atoms with Crippen molar-refractivity contribution in [3.05, 3.63) is 40.7 Å². The van der Waals surface area contributed by atoms with Gasteiger partial charge in [-0.25, -0.2) is 4.98 Å². The van der Waals surface area contributed by atoms with Gasteiger partial charge in [0.25, 0.3) is 0 Å². The summed E-state index contributed by atoms with van der Waals surface area (Å²) in [6.45, 7) is 6.24. The van der Waals surface area contributed by atoms with Gasteiger partial charge in [-0.3, -0.25) is 4.98 Å². The lowest BCUT2D eigenvalue weighted by molar-refractivity contribution is 0.871. The van der Waals surface area contributed by atoms with Crippen molar-refractivity contribution in [3.8, 4) is 0 Å². The second-order valence-corrected chi connectivity index (χ2v) is 5.02. The lowest BCUT2D eigenvalue weighted by Crippen LogP contribution is -2.06. The van der Waals surface area contributed by atoms with Gasteiger partial charge in [-0.05, 0) is 32.4 Å². The number of anilines is 1. The van der Waals surface area contributed by atoms with E-state index >= 15 is 0 Å². The third-order valence-corrected chi connectivity index (χ3v) is 3.56. The summed E-state index contributed by atoms with van der Waals surface area (Å²) in [5, 5.41) is 4.37. The van der Waals surface area contributed by atoms with Gasteiger partial charge in [-0.1, -0.05) is 6.07 Å². The molecule has 0 spiro atoms. The highest BCUT2D eigenvalue weighted by atomic mass is 32.1. The molecule has 1 atom stereocenters. The SMILES string of the molecule is Cc1nc(NC(C)c2cccnc2)sc1C. The average Bonchev–Trinajstić information content (AvgIpc) is 2.59. The zero-order valence-corrected chi connectivity index (χ0v) is 10.5. The van der Waals surface area contributed by atoms with Gasteiger partial charge in [0.15, 0.2) is 5.13 Å².